The van der Waals surface area contributed by atoms with Gasteiger partial charge in [-0.25, -0.2) is 4.79 Å². The molecule has 2 N–H and O–H groups in total. The summed E-state index contributed by atoms with van der Waals surface area (Å²) < 4.78 is 10.8. The first-order chi connectivity index (χ1) is 13.7. The molecule has 28 heavy (non-hydrogen) atoms. The van der Waals surface area contributed by atoms with Crippen LogP contribution in [0.1, 0.15) is 43.1 Å². The highest BCUT2D eigenvalue weighted by molar-refractivity contribution is 5.76. The molecule has 3 rings (SSSR count). The first-order valence-corrected chi connectivity index (χ1v) is 9.97. The zero-order valence-corrected chi connectivity index (χ0v) is 16.7. The standard InChI is InChI=1S/C22H29N3O3/c1-3-4-6-17-9-10-19(24-16(17)2)11-12-23-22(26)25-20-8-5-7-18-14-27-15-28-21(18)13-20/h7-10,13H,3-6,11-12,14-15H2,1-2H3,(H2,23,25,26). The van der Waals surface area contributed by atoms with Gasteiger partial charge in [0, 0.05) is 41.7 Å². The van der Waals surface area contributed by atoms with Crippen molar-refractivity contribution in [1.29, 1.82) is 0 Å². The number of carbonyl (C=O) groups is 1. The molecule has 6 heteroatoms. The Labute approximate surface area is 166 Å². The van der Waals surface area contributed by atoms with E-state index in [9.17, 15) is 4.79 Å². The van der Waals surface area contributed by atoms with Gasteiger partial charge in [0.25, 0.3) is 0 Å². The highest BCUT2D eigenvalue weighted by Gasteiger charge is 2.16. The summed E-state index contributed by atoms with van der Waals surface area (Å²) in [5, 5.41) is 5.78. The molecule has 0 aromatic carbocycles. The van der Waals surface area contributed by atoms with Gasteiger partial charge in [0.15, 0.2) is 6.79 Å². The minimum absolute atomic E-state index is 0.227. The molecule has 0 spiro atoms. The van der Waals surface area contributed by atoms with E-state index >= 15 is 0 Å². The number of allylic oxidation sites excluding steroid dienone is 3. The summed E-state index contributed by atoms with van der Waals surface area (Å²) in [7, 11) is 0. The average molecular weight is 383 g/mol. The van der Waals surface area contributed by atoms with Gasteiger partial charge in [0.2, 0.25) is 0 Å². The van der Waals surface area contributed by atoms with Gasteiger partial charge in [-0.15, -0.1) is 0 Å². The second-order valence-corrected chi connectivity index (χ2v) is 7.03. The molecule has 0 atom stereocenters. The predicted octanol–water partition coefficient (Wildman–Crippen LogP) is 3.68. The van der Waals surface area contributed by atoms with Gasteiger partial charge < -0.3 is 20.1 Å². The number of hydrogen-bond acceptors (Lipinski definition) is 4. The number of unbranched alkanes of at least 4 members (excludes halogenated alkanes) is 1. The number of fused-ring (bicyclic) bond motifs is 1. The maximum Gasteiger partial charge on any atom is 0.319 e. The first kappa shape index (κ1) is 20.1. The lowest BCUT2D eigenvalue weighted by Crippen LogP contribution is -2.36. The molecule has 0 saturated carbocycles. The molecule has 2 aliphatic rings. The SMILES string of the molecule is CCCCc1ccc(CCNC(=O)NC2=CCC=C3COCOC3=C2)nc1C. The van der Waals surface area contributed by atoms with Crippen LogP contribution >= 0.6 is 0 Å². The monoisotopic (exact) mass is 383 g/mol. The number of nitrogens with zero attached hydrogens (tertiary/aromatic N) is 1. The van der Waals surface area contributed by atoms with Crippen LogP contribution in [0, 0.1) is 6.92 Å². The van der Waals surface area contributed by atoms with E-state index in [1.165, 1.54) is 18.4 Å². The van der Waals surface area contributed by atoms with Crippen molar-refractivity contribution in [1.82, 2.24) is 15.6 Å². The van der Waals surface area contributed by atoms with E-state index in [0.29, 0.717) is 19.6 Å². The molecule has 1 aromatic rings. The summed E-state index contributed by atoms with van der Waals surface area (Å²) in [5.41, 5.74) is 5.15. The fraction of sp³-hybridized carbons (Fsp3) is 0.455. The maximum absolute atomic E-state index is 12.2. The first-order valence-electron chi connectivity index (χ1n) is 9.97. The highest BCUT2D eigenvalue weighted by Crippen LogP contribution is 2.22. The molecule has 0 radical (unpaired) electrons. The van der Waals surface area contributed by atoms with Gasteiger partial charge in [-0.2, -0.15) is 0 Å². The van der Waals surface area contributed by atoms with E-state index in [4.69, 9.17) is 9.47 Å². The van der Waals surface area contributed by atoms with Crippen molar-refractivity contribution in [3.63, 3.8) is 0 Å². The number of aryl methyl sites for hydroxylation is 2. The molecule has 0 bridgehead atoms. The Hall–Kier alpha value is -2.60. The number of aromatic nitrogens is 1. The van der Waals surface area contributed by atoms with Crippen LogP contribution in [0.5, 0.6) is 0 Å². The molecule has 1 aliphatic heterocycles. The molecule has 1 saturated heterocycles. The van der Waals surface area contributed by atoms with E-state index in [2.05, 4.69) is 47.7 Å². The van der Waals surface area contributed by atoms with Crippen molar-refractivity contribution in [2.45, 2.75) is 46.0 Å². The van der Waals surface area contributed by atoms with Crippen molar-refractivity contribution in [3.8, 4) is 0 Å². The molecule has 1 aromatic heterocycles. The van der Waals surface area contributed by atoms with E-state index in [-0.39, 0.29) is 12.8 Å². The van der Waals surface area contributed by atoms with Crippen LogP contribution in [-0.2, 0) is 22.3 Å². The molecule has 2 heterocycles. The van der Waals surface area contributed by atoms with Gasteiger partial charge in [-0.3, -0.25) is 4.98 Å². The number of nitrogens with one attached hydrogen (secondary N) is 2. The van der Waals surface area contributed by atoms with Crippen molar-refractivity contribution >= 4 is 6.03 Å². The number of hydrogen-bond donors (Lipinski definition) is 2. The lowest BCUT2D eigenvalue weighted by Gasteiger charge is -2.19. The maximum atomic E-state index is 12.2. The molecule has 1 fully saturated rings. The largest absolute Gasteiger partial charge is 0.467 e. The van der Waals surface area contributed by atoms with Crippen LogP contribution in [0.2, 0.25) is 0 Å². The van der Waals surface area contributed by atoms with Crippen LogP contribution in [0.15, 0.2) is 47.4 Å². The number of carbonyl (C=O) groups excluding carboxylic acids is 1. The molecule has 2 amide bonds. The Bertz CT molecular complexity index is 796. The molecule has 6 nitrogen and oxygen atoms in total. The Morgan fingerprint density at radius 2 is 2.14 bits per heavy atom. The minimum atomic E-state index is -0.227. The van der Waals surface area contributed by atoms with Gasteiger partial charge in [0.05, 0.1) is 6.61 Å². The molecule has 1 aliphatic carbocycles. The molecular formula is C22H29N3O3. The minimum Gasteiger partial charge on any atom is -0.467 e. The van der Waals surface area contributed by atoms with Gasteiger partial charge >= 0.3 is 6.03 Å². The van der Waals surface area contributed by atoms with E-state index in [1.54, 1.807) is 0 Å². The zero-order chi connectivity index (χ0) is 19.8. The van der Waals surface area contributed by atoms with Crippen molar-refractivity contribution < 1.29 is 14.3 Å². The summed E-state index contributed by atoms with van der Waals surface area (Å²) in [5.74, 6) is 0.762. The van der Waals surface area contributed by atoms with Crippen molar-refractivity contribution in [2.24, 2.45) is 0 Å². The second kappa shape index (κ2) is 10.1. The van der Waals surface area contributed by atoms with Crippen LogP contribution in [0.3, 0.4) is 0 Å². The third-order valence-corrected chi connectivity index (χ3v) is 4.84. The topological polar surface area (TPSA) is 72.5 Å². The van der Waals surface area contributed by atoms with Crippen LogP contribution < -0.4 is 10.6 Å². The third kappa shape index (κ3) is 5.70. The summed E-state index contributed by atoms with van der Waals surface area (Å²) in [6.07, 6.45) is 10.7. The third-order valence-electron chi connectivity index (χ3n) is 4.84. The van der Waals surface area contributed by atoms with Crippen LogP contribution in [0.25, 0.3) is 0 Å². The lowest BCUT2D eigenvalue weighted by molar-refractivity contribution is -0.0369. The van der Waals surface area contributed by atoms with Gasteiger partial charge in [0.1, 0.15) is 5.76 Å². The van der Waals surface area contributed by atoms with Crippen LogP contribution in [0.4, 0.5) is 4.79 Å². The summed E-state index contributed by atoms with van der Waals surface area (Å²) in [4.78, 5) is 16.9. The summed E-state index contributed by atoms with van der Waals surface area (Å²) >= 11 is 0. The van der Waals surface area contributed by atoms with E-state index in [1.807, 2.05) is 12.2 Å². The highest BCUT2D eigenvalue weighted by atomic mass is 16.7. The zero-order valence-electron chi connectivity index (χ0n) is 16.7. The fourth-order valence-corrected chi connectivity index (χ4v) is 3.22. The van der Waals surface area contributed by atoms with Crippen molar-refractivity contribution in [2.75, 3.05) is 19.9 Å². The fourth-order valence-electron chi connectivity index (χ4n) is 3.22. The number of amides is 2. The molecular weight excluding hydrogens is 354 g/mol. The number of ether oxygens (including phenoxy) is 2. The molecule has 0 unspecified atom stereocenters. The van der Waals surface area contributed by atoms with E-state index < -0.39 is 0 Å². The lowest BCUT2D eigenvalue weighted by atomic mass is 10.1. The Morgan fingerprint density at radius 1 is 1.25 bits per heavy atom. The number of urea groups is 1. The Balaban J connectivity index is 1.46. The van der Waals surface area contributed by atoms with Crippen LogP contribution in [-0.4, -0.2) is 31.0 Å². The van der Waals surface area contributed by atoms with E-state index in [0.717, 1.165) is 41.3 Å². The normalized spacial score (nSPS) is 16.0. The summed E-state index contributed by atoms with van der Waals surface area (Å²) in [6.45, 7) is 5.57. The Morgan fingerprint density at radius 3 is 2.96 bits per heavy atom. The molecule has 150 valence electrons. The number of pyridine rings is 1. The number of rotatable bonds is 7. The average Bonchev–Trinajstić information content (AvgIpc) is 2.89. The second-order valence-electron chi connectivity index (χ2n) is 7.03. The van der Waals surface area contributed by atoms with Gasteiger partial charge in [-0.1, -0.05) is 31.6 Å². The van der Waals surface area contributed by atoms with Crippen molar-refractivity contribution in [3.05, 3.63) is 64.3 Å². The smallest absolute Gasteiger partial charge is 0.319 e. The summed E-state index contributed by atoms with van der Waals surface area (Å²) in [6, 6.07) is 4.00. The predicted molar refractivity (Wildman–Crippen MR) is 109 cm³/mol. The van der Waals surface area contributed by atoms with Gasteiger partial charge in [-0.05, 0) is 37.8 Å². The Kier molecular flexibility index (Phi) is 7.25. The quantitative estimate of drug-likeness (QED) is 0.753.